The van der Waals surface area contributed by atoms with Gasteiger partial charge in [0.2, 0.25) is 5.95 Å². The summed E-state index contributed by atoms with van der Waals surface area (Å²) >= 11 is 0. The number of benzene rings is 1. The van der Waals surface area contributed by atoms with E-state index in [1.807, 2.05) is 0 Å². The molecule has 7 nitrogen and oxygen atoms in total. The van der Waals surface area contributed by atoms with E-state index in [-0.39, 0.29) is 11.9 Å². The second kappa shape index (κ2) is 6.12. The van der Waals surface area contributed by atoms with Crippen molar-refractivity contribution in [1.29, 1.82) is 0 Å². The van der Waals surface area contributed by atoms with Gasteiger partial charge in [-0.2, -0.15) is 0 Å². The molecule has 1 aliphatic rings. The number of carbonyl (C=O) groups is 1. The van der Waals surface area contributed by atoms with Crippen molar-refractivity contribution in [1.82, 2.24) is 14.9 Å². The maximum absolute atomic E-state index is 12.8. The molecule has 1 aromatic carbocycles. The van der Waals surface area contributed by atoms with Gasteiger partial charge in [0.25, 0.3) is 5.91 Å². The van der Waals surface area contributed by atoms with Crippen molar-refractivity contribution in [2.45, 2.75) is 13.0 Å². The summed E-state index contributed by atoms with van der Waals surface area (Å²) in [5.74, 6) is 1.25. The third-order valence-electron chi connectivity index (χ3n) is 3.89. The van der Waals surface area contributed by atoms with Crippen molar-refractivity contribution in [3.8, 4) is 11.5 Å². The Morgan fingerprint density at radius 3 is 2.87 bits per heavy atom. The zero-order valence-electron chi connectivity index (χ0n) is 13.1. The van der Waals surface area contributed by atoms with E-state index >= 15 is 0 Å². The van der Waals surface area contributed by atoms with Crippen LogP contribution in [0.5, 0.6) is 11.5 Å². The smallest absolute Gasteiger partial charge is 0.257 e. The van der Waals surface area contributed by atoms with Crippen LogP contribution in [-0.2, 0) is 13.0 Å². The van der Waals surface area contributed by atoms with Gasteiger partial charge in [0.1, 0.15) is 11.5 Å². The van der Waals surface area contributed by atoms with Gasteiger partial charge in [0.05, 0.1) is 32.0 Å². The number of aromatic nitrogens is 2. The van der Waals surface area contributed by atoms with E-state index in [4.69, 9.17) is 15.2 Å². The number of methoxy groups -OCH3 is 2. The lowest BCUT2D eigenvalue weighted by Gasteiger charge is -2.28. The molecule has 0 saturated carbocycles. The van der Waals surface area contributed by atoms with Crippen molar-refractivity contribution in [3.05, 3.63) is 41.2 Å². The number of nitrogens with two attached hydrogens (primary N) is 1. The summed E-state index contributed by atoms with van der Waals surface area (Å²) in [6.07, 6.45) is 2.44. The highest BCUT2D eigenvalue weighted by Crippen LogP contribution is 2.27. The summed E-state index contributed by atoms with van der Waals surface area (Å²) in [6.45, 7) is 1.02. The molecule has 1 amide bonds. The average Bonchev–Trinajstić information content (AvgIpc) is 2.59. The monoisotopic (exact) mass is 314 g/mol. The summed E-state index contributed by atoms with van der Waals surface area (Å²) in [5, 5.41) is 0. The number of ether oxygens (including phenoxy) is 2. The number of fused-ring (bicyclic) bond motifs is 1. The molecule has 0 bridgehead atoms. The van der Waals surface area contributed by atoms with Gasteiger partial charge in [-0.15, -0.1) is 0 Å². The molecule has 120 valence electrons. The zero-order chi connectivity index (χ0) is 16.4. The summed E-state index contributed by atoms with van der Waals surface area (Å²) < 4.78 is 10.5. The Morgan fingerprint density at radius 2 is 2.13 bits per heavy atom. The Hall–Kier alpha value is -2.83. The maximum Gasteiger partial charge on any atom is 0.257 e. The highest BCUT2D eigenvalue weighted by Gasteiger charge is 2.25. The van der Waals surface area contributed by atoms with Gasteiger partial charge < -0.3 is 20.1 Å². The summed E-state index contributed by atoms with van der Waals surface area (Å²) in [6, 6.07) is 5.16. The fourth-order valence-corrected chi connectivity index (χ4v) is 2.64. The van der Waals surface area contributed by atoms with E-state index in [1.165, 1.54) is 7.11 Å². The molecule has 23 heavy (non-hydrogen) atoms. The first-order valence-electron chi connectivity index (χ1n) is 7.24. The Labute approximate surface area is 134 Å². The minimum atomic E-state index is -0.104. The van der Waals surface area contributed by atoms with Crippen LogP contribution >= 0.6 is 0 Å². The predicted molar refractivity (Wildman–Crippen MR) is 84.4 cm³/mol. The number of carbonyl (C=O) groups excluding carboxylic acids is 1. The number of nitrogens with zero attached hydrogens (tertiary/aromatic N) is 3. The normalized spacial score (nSPS) is 13.4. The minimum Gasteiger partial charge on any atom is -0.497 e. The van der Waals surface area contributed by atoms with Crippen LogP contribution in [0.1, 0.15) is 21.6 Å². The molecule has 2 aromatic rings. The molecule has 2 heterocycles. The van der Waals surface area contributed by atoms with Crippen molar-refractivity contribution < 1.29 is 14.3 Å². The van der Waals surface area contributed by atoms with Crippen molar-refractivity contribution >= 4 is 11.9 Å². The molecule has 2 N–H and O–H groups in total. The molecule has 1 aliphatic heterocycles. The first-order valence-corrected chi connectivity index (χ1v) is 7.24. The lowest BCUT2D eigenvalue weighted by molar-refractivity contribution is 0.0728. The van der Waals surface area contributed by atoms with E-state index in [0.29, 0.717) is 36.6 Å². The number of rotatable bonds is 3. The van der Waals surface area contributed by atoms with Gasteiger partial charge in [-0.3, -0.25) is 4.79 Å². The number of nitrogen functional groups attached to an aromatic ring is 1. The molecule has 3 rings (SSSR count). The van der Waals surface area contributed by atoms with Crippen molar-refractivity contribution in [2.24, 2.45) is 0 Å². The fourth-order valence-electron chi connectivity index (χ4n) is 2.64. The van der Waals surface area contributed by atoms with Crippen LogP contribution < -0.4 is 15.2 Å². The van der Waals surface area contributed by atoms with Crippen LogP contribution in [0.2, 0.25) is 0 Å². The third-order valence-corrected chi connectivity index (χ3v) is 3.89. The van der Waals surface area contributed by atoms with E-state index < -0.39 is 0 Å². The van der Waals surface area contributed by atoms with Crippen LogP contribution in [0, 0.1) is 0 Å². The first-order chi connectivity index (χ1) is 11.1. The van der Waals surface area contributed by atoms with Crippen LogP contribution in [0.15, 0.2) is 24.4 Å². The molecule has 0 unspecified atom stereocenters. The molecule has 0 saturated heterocycles. The SMILES string of the molecule is COc1ccc(C(=O)N2CCc3cnc(N)nc3C2)c(OC)c1. The zero-order valence-corrected chi connectivity index (χ0v) is 13.1. The first kappa shape index (κ1) is 15.1. The molecule has 0 radical (unpaired) electrons. The Balaban J connectivity index is 1.87. The lowest BCUT2D eigenvalue weighted by Crippen LogP contribution is -2.36. The van der Waals surface area contributed by atoms with Crippen molar-refractivity contribution in [2.75, 3.05) is 26.5 Å². The Bertz CT molecular complexity index is 748. The van der Waals surface area contributed by atoms with E-state index in [2.05, 4.69) is 9.97 Å². The number of anilines is 1. The molecule has 0 aliphatic carbocycles. The molecule has 0 fully saturated rings. The minimum absolute atomic E-state index is 0.104. The van der Waals surface area contributed by atoms with Gasteiger partial charge in [0, 0.05) is 18.8 Å². The predicted octanol–water partition coefficient (Wildman–Crippen LogP) is 1.27. The van der Waals surface area contributed by atoms with Crippen molar-refractivity contribution in [3.63, 3.8) is 0 Å². The largest absolute Gasteiger partial charge is 0.497 e. The average molecular weight is 314 g/mol. The van der Waals surface area contributed by atoms with Gasteiger partial charge in [-0.05, 0) is 24.1 Å². The van der Waals surface area contributed by atoms with Crippen LogP contribution in [0.4, 0.5) is 5.95 Å². The standard InChI is InChI=1S/C16H18N4O3/c1-22-11-3-4-12(14(7-11)23-2)15(21)20-6-5-10-8-18-16(17)19-13(10)9-20/h3-4,7-8H,5-6,9H2,1-2H3,(H2,17,18,19). The lowest BCUT2D eigenvalue weighted by atomic mass is 10.1. The van der Waals surface area contributed by atoms with Crippen LogP contribution in [-0.4, -0.2) is 41.5 Å². The maximum atomic E-state index is 12.8. The highest BCUT2D eigenvalue weighted by molar-refractivity contribution is 5.97. The Kier molecular flexibility index (Phi) is 4.01. The van der Waals surface area contributed by atoms with E-state index in [0.717, 1.165) is 11.3 Å². The fraction of sp³-hybridized carbons (Fsp3) is 0.312. The van der Waals surface area contributed by atoms with Gasteiger partial charge in [-0.1, -0.05) is 0 Å². The number of hydrogen-bond donors (Lipinski definition) is 1. The molecule has 7 heteroatoms. The number of amides is 1. The van der Waals surface area contributed by atoms with Crippen LogP contribution in [0.25, 0.3) is 0 Å². The van der Waals surface area contributed by atoms with E-state index in [1.54, 1.807) is 36.4 Å². The topological polar surface area (TPSA) is 90.6 Å². The summed E-state index contributed by atoms with van der Waals surface area (Å²) in [4.78, 5) is 22.8. The van der Waals surface area contributed by atoms with Gasteiger partial charge in [-0.25, -0.2) is 9.97 Å². The van der Waals surface area contributed by atoms with Gasteiger partial charge in [0.15, 0.2) is 0 Å². The molecule has 0 spiro atoms. The van der Waals surface area contributed by atoms with Crippen LogP contribution in [0.3, 0.4) is 0 Å². The second-order valence-corrected chi connectivity index (χ2v) is 5.24. The van der Waals surface area contributed by atoms with E-state index in [9.17, 15) is 4.79 Å². The molecule has 1 aromatic heterocycles. The Morgan fingerprint density at radius 1 is 1.30 bits per heavy atom. The summed E-state index contributed by atoms with van der Waals surface area (Å²) in [5.41, 5.74) is 7.96. The second-order valence-electron chi connectivity index (χ2n) is 5.24. The molecular weight excluding hydrogens is 296 g/mol. The number of hydrogen-bond acceptors (Lipinski definition) is 6. The highest BCUT2D eigenvalue weighted by atomic mass is 16.5. The molecular formula is C16H18N4O3. The molecule has 0 atom stereocenters. The van der Waals surface area contributed by atoms with Gasteiger partial charge >= 0.3 is 0 Å². The summed E-state index contributed by atoms with van der Waals surface area (Å²) in [7, 11) is 3.10. The third kappa shape index (κ3) is 2.90. The quantitative estimate of drug-likeness (QED) is 0.917.